The van der Waals surface area contributed by atoms with E-state index < -0.39 is 17.7 Å². The molecular weight excluding hydrogens is 440 g/mol. The number of halogens is 3. The Morgan fingerprint density at radius 1 is 1.12 bits per heavy atom. The van der Waals surface area contributed by atoms with Gasteiger partial charge in [0.1, 0.15) is 23.2 Å². The van der Waals surface area contributed by atoms with Crippen LogP contribution in [0.15, 0.2) is 53.3 Å². The van der Waals surface area contributed by atoms with Crippen molar-refractivity contribution in [1.29, 1.82) is 0 Å². The summed E-state index contributed by atoms with van der Waals surface area (Å²) in [6.45, 7) is 0.503. The molecule has 0 radical (unpaired) electrons. The molecular formula is C21H14ClF2N7O. The Morgan fingerprint density at radius 2 is 1.97 bits per heavy atom. The fraction of sp³-hybridized carbons (Fsp3) is 0.143. The number of rotatable bonds is 3. The maximum atomic E-state index is 14.2. The van der Waals surface area contributed by atoms with Crippen LogP contribution in [0.1, 0.15) is 23.1 Å². The molecule has 4 aromatic heterocycles. The molecule has 32 heavy (non-hydrogen) atoms. The van der Waals surface area contributed by atoms with Crippen LogP contribution in [0.3, 0.4) is 0 Å². The van der Waals surface area contributed by atoms with Gasteiger partial charge in [0.15, 0.2) is 0 Å². The van der Waals surface area contributed by atoms with Gasteiger partial charge in [-0.05, 0) is 30.3 Å². The highest BCUT2D eigenvalue weighted by Crippen LogP contribution is 2.38. The lowest BCUT2D eigenvalue weighted by atomic mass is 10.0. The van der Waals surface area contributed by atoms with Crippen LogP contribution in [0.5, 0.6) is 0 Å². The largest absolute Gasteiger partial charge is 0.403 e. The first-order valence-electron chi connectivity index (χ1n) is 9.80. The number of pyridine rings is 1. The highest BCUT2D eigenvalue weighted by atomic mass is 35.5. The number of imidazole rings is 1. The zero-order chi connectivity index (χ0) is 21.8. The number of benzene rings is 1. The van der Waals surface area contributed by atoms with Gasteiger partial charge in [-0.25, -0.2) is 18.3 Å². The molecule has 0 saturated carbocycles. The number of aromatic nitrogens is 6. The summed E-state index contributed by atoms with van der Waals surface area (Å²) in [7, 11) is 0. The monoisotopic (exact) mass is 453 g/mol. The van der Waals surface area contributed by atoms with Crippen molar-refractivity contribution in [3.63, 3.8) is 0 Å². The molecule has 0 amide bonds. The third kappa shape index (κ3) is 2.87. The van der Waals surface area contributed by atoms with Gasteiger partial charge in [0.05, 0.1) is 28.3 Å². The maximum Gasteiger partial charge on any atom is 0.319 e. The Labute approximate surface area is 184 Å². The van der Waals surface area contributed by atoms with Gasteiger partial charge in [-0.1, -0.05) is 22.8 Å². The van der Waals surface area contributed by atoms with E-state index in [1.54, 1.807) is 29.2 Å². The third-order valence-electron chi connectivity index (χ3n) is 5.51. The minimum Gasteiger partial charge on any atom is -0.403 e. The molecule has 5 heterocycles. The van der Waals surface area contributed by atoms with Crippen LogP contribution in [-0.2, 0) is 6.42 Å². The van der Waals surface area contributed by atoms with E-state index in [9.17, 15) is 8.78 Å². The van der Waals surface area contributed by atoms with Crippen LogP contribution in [0.25, 0.3) is 17.0 Å². The third-order valence-corrected chi connectivity index (χ3v) is 5.83. The van der Waals surface area contributed by atoms with Crippen molar-refractivity contribution >= 4 is 23.1 Å². The molecule has 1 atom stereocenters. The molecule has 0 spiro atoms. The molecule has 11 heteroatoms. The average molecular weight is 454 g/mol. The molecule has 0 bridgehead atoms. The second-order valence-corrected chi connectivity index (χ2v) is 7.76. The first kappa shape index (κ1) is 18.9. The Balaban J connectivity index is 1.47. The van der Waals surface area contributed by atoms with E-state index in [0.717, 1.165) is 29.0 Å². The molecule has 1 N–H and O–H groups in total. The standard InChI is InChI=1S/C21H14ClF2N7O/c22-11-3-2-7-31-16(11)9-15(29-31)19-18-14(25-10-26-18)6-8-30(19)21-28-27-20(32-21)17-12(23)4-1-5-13(17)24/h1-5,7,9-10,19H,6,8H2,(H,25,26). The van der Waals surface area contributed by atoms with Gasteiger partial charge in [-0.2, -0.15) is 5.10 Å². The van der Waals surface area contributed by atoms with Crippen LogP contribution >= 0.6 is 11.6 Å². The first-order valence-corrected chi connectivity index (χ1v) is 10.2. The smallest absolute Gasteiger partial charge is 0.319 e. The fourth-order valence-electron chi connectivity index (χ4n) is 4.05. The van der Waals surface area contributed by atoms with Crippen molar-refractivity contribution in [2.24, 2.45) is 0 Å². The Morgan fingerprint density at radius 3 is 2.78 bits per heavy atom. The summed E-state index contributed by atoms with van der Waals surface area (Å²) in [6, 6.07) is 8.68. The average Bonchev–Trinajstić information content (AvgIpc) is 3.52. The SMILES string of the molecule is Fc1cccc(F)c1-c1nnc(N2CCc3[nH]cnc3C2c2cc3c(Cl)cccn3n2)o1. The second kappa shape index (κ2) is 7.13. The van der Waals surface area contributed by atoms with E-state index in [-0.39, 0.29) is 17.5 Å². The van der Waals surface area contributed by atoms with E-state index in [1.807, 2.05) is 11.0 Å². The number of anilines is 1. The van der Waals surface area contributed by atoms with Crippen molar-refractivity contribution < 1.29 is 13.2 Å². The molecule has 8 nitrogen and oxygen atoms in total. The summed E-state index contributed by atoms with van der Waals surface area (Å²) in [4.78, 5) is 9.47. The van der Waals surface area contributed by atoms with Gasteiger partial charge >= 0.3 is 6.01 Å². The normalized spacial score (nSPS) is 16.0. The highest BCUT2D eigenvalue weighted by Gasteiger charge is 2.36. The van der Waals surface area contributed by atoms with Crippen LogP contribution in [0, 0.1) is 11.6 Å². The predicted molar refractivity (Wildman–Crippen MR) is 111 cm³/mol. The van der Waals surface area contributed by atoms with E-state index in [0.29, 0.717) is 23.7 Å². The lowest BCUT2D eigenvalue weighted by Crippen LogP contribution is -2.36. The highest BCUT2D eigenvalue weighted by molar-refractivity contribution is 6.33. The number of fused-ring (bicyclic) bond motifs is 2. The minimum atomic E-state index is -0.778. The summed E-state index contributed by atoms with van der Waals surface area (Å²) in [5.41, 5.74) is 2.77. The molecule has 0 saturated heterocycles. The van der Waals surface area contributed by atoms with Gasteiger partial charge in [0.25, 0.3) is 5.89 Å². The lowest BCUT2D eigenvalue weighted by molar-refractivity contribution is 0.496. The van der Waals surface area contributed by atoms with E-state index >= 15 is 0 Å². The Hall–Kier alpha value is -3.79. The zero-order valence-corrected chi connectivity index (χ0v) is 17.1. The number of H-pyrrole nitrogens is 1. The van der Waals surface area contributed by atoms with Crippen molar-refractivity contribution in [3.8, 4) is 11.5 Å². The molecule has 0 aliphatic carbocycles. The summed E-state index contributed by atoms with van der Waals surface area (Å²) in [5.74, 6) is -1.79. The molecule has 0 fully saturated rings. The summed E-state index contributed by atoms with van der Waals surface area (Å²) in [5, 5.41) is 13.2. The van der Waals surface area contributed by atoms with Crippen molar-refractivity contribution in [3.05, 3.63) is 82.7 Å². The predicted octanol–water partition coefficient (Wildman–Crippen LogP) is 4.19. The zero-order valence-electron chi connectivity index (χ0n) is 16.3. The molecule has 1 aromatic carbocycles. The second-order valence-electron chi connectivity index (χ2n) is 7.35. The molecule has 1 aliphatic rings. The number of hydrogen-bond donors (Lipinski definition) is 1. The number of aromatic amines is 1. The van der Waals surface area contributed by atoms with Crippen LogP contribution in [-0.4, -0.2) is 36.3 Å². The Bertz CT molecular complexity index is 1440. The molecule has 6 rings (SSSR count). The quantitative estimate of drug-likeness (QED) is 0.440. The van der Waals surface area contributed by atoms with E-state index in [2.05, 4.69) is 25.3 Å². The van der Waals surface area contributed by atoms with Gasteiger partial charge < -0.3 is 14.3 Å². The number of nitrogens with one attached hydrogen (secondary N) is 1. The van der Waals surface area contributed by atoms with Crippen LogP contribution in [0.2, 0.25) is 5.02 Å². The summed E-state index contributed by atoms with van der Waals surface area (Å²) in [6.07, 6.45) is 4.07. The summed E-state index contributed by atoms with van der Waals surface area (Å²) < 4.78 is 35.9. The van der Waals surface area contributed by atoms with Crippen LogP contribution in [0.4, 0.5) is 14.8 Å². The lowest BCUT2D eigenvalue weighted by Gasteiger charge is -2.32. The topological polar surface area (TPSA) is 88.1 Å². The molecule has 1 aliphatic heterocycles. The Kier molecular flexibility index (Phi) is 4.22. The fourth-order valence-corrected chi connectivity index (χ4v) is 4.26. The van der Waals surface area contributed by atoms with Crippen LogP contribution < -0.4 is 4.90 Å². The molecule has 160 valence electrons. The van der Waals surface area contributed by atoms with E-state index in [1.165, 1.54) is 6.07 Å². The van der Waals surface area contributed by atoms with Gasteiger partial charge in [0.2, 0.25) is 0 Å². The minimum absolute atomic E-state index is 0.115. The van der Waals surface area contributed by atoms with E-state index in [4.69, 9.17) is 16.0 Å². The first-order chi connectivity index (χ1) is 15.6. The van der Waals surface area contributed by atoms with Crippen molar-refractivity contribution in [1.82, 2.24) is 29.8 Å². The van der Waals surface area contributed by atoms with Gasteiger partial charge in [0, 0.05) is 24.9 Å². The van der Waals surface area contributed by atoms with Crippen molar-refractivity contribution in [2.75, 3.05) is 11.4 Å². The number of hydrogen-bond acceptors (Lipinski definition) is 6. The summed E-state index contributed by atoms with van der Waals surface area (Å²) >= 11 is 6.33. The van der Waals surface area contributed by atoms with Gasteiger partial charge in [-0.15, -0.1) is 5.10 Å². The maximum absolute atomic E-state index is 14.2. The molecule has 1 unspecified atom stereocenters. The van der Waals surface area contributed by atoms with Crippen molar-refractivity contribution in [2.45, 2.75) is 12.5 Å². The number of nitrogens with zero attached hydrogens (tertiary/aromatic N) is 6. The van der Waals surface area contributed by atoms with Gasteiger partial charge in [-0.3, -0.25) is 0 Å². The molecule has 5 aromatic rings.